The maximum absolute atomic E-state index is 4.04. The Morgan fingerprint density at radius 3 is 0.882 bits per heavy atom. The molecule has 0 saturated carbocycles. The summed E-state index contributed by atoms with van der Waals surface area (Å²) in [4.78, 5) is 0. The van der Waals surface area contributed by atoms with Crippen molar-refractivity contribution in [2.45, 2.75) is 55.4 Å². The first-order valence-electron chi connectivity index (χ1n) is 23.6. The fourth-order valence-electron chi connectivity index (χ4n) is 9.30. The van der Waals surface area contributed by atoms with Crippen LogP contribution in [0.25, 0.3) is 76.5 Å². The van der Waals surface area contributed by atoms with Crippen molar-refractivity contribution < 1.29 is 0 Å². The van der Waals surface area contributed by atoms with E-state index in [2.05, 4.69) is 250 Å². The van der Waals surface area contributed by atoms with Gasteiger partial charge < -0.3 is 0 Å². The molecule has 9 aromatic rings. The molecule has 9 rings (SSSR count). The molecule has 0 fully saturated rings. The van der Waals surface area contributed by atoms with Gasteiger partial charge in [0.15, 0.2) is 0 Å². The van der Waals surface area contributed by atoms with Crippen LogP contribution in [-0.4, -0.2) is 0 Å². The van der Waals surface area contributed by atoms with Crippen LogP contribution in [0.5, 0.6) is 0 Å². The molecule has 0 saturated heterocycles. The van der Waals surface area contributed by atoms with Crippen LogP contribution >= 0.6 is 0 Å². The highest BCUT2D eigenvalue weighted by molar-refractivity contribution is 6.21. The van der Waals surface area contributed by atoms with Crippen LogP contribution in [0.1, 0.15) is 49.9 Å². The normalized spacial score (nSPS) is 11.5. The van der Waals surface area contributed by atoms with Crippen LogP contribution in [0, 0.1) is 27.7 Å². The third-order valence-corrected chi connectivity index (χ3v) is 12.8. The van der Waals surface area contributed by atoms with Gasteiger partial charge in [0.1, 0.15) is 0 Å². The summed E-state index contributed by atoms with van der Waals surface area (Å²) in [5, 5.41) is 10.6. The van der Waals surface area contributed by atoms with Crippen molar-refractivity contribution in [2.75, 3.05) is 0 Å². The first-order chi connectivity index (χ1) is 32.9. The molecule has 0 heteroatoms. The summed E-state index contributed by atoms with van der Waals surface area (Å²) in [7, 11) is 0. The Morgan fingerprint density at radius 1 is 0.353 bits per heavy atom. The van der Waals surface area contributed by atoms with Gasteiger partial charge in [-0.15, -0.1) is 0 Å². The van der Waals surface area contributed by atoms with E-state index in [-0.39, 0.29) is 0 Å². The van der Waals surface area contributed by atoms with Crippen LogP contribution in [0.4, 0.5) is 0 Å². The molecule has 336 valence electrons. The summed E-state index contributed by atoms with van der Waals surface area (Å²) in [6.07, 6.45) is 11.6. The minimum absolute atomic E-state index is 1.05. The lowest BCUT2D eigenvalue weighted by atomic mass is 9.86. The second-order valence-electron chi connectivity index (χ2n) is 18.0. The summed E-state index contributed by atoms with van der Waals surface area (Å²) in [5.41, 5.74) is 19.0. The lowest BCUT2D eigenvalue weighted by Crippen LogP contribution is -1.92. The summed E-state index contributed by atoms with van der Waals surface area (Å²) in [6, 6.07) is 61.7. The molecule has 0 bridgehead atoms. The van der Waals surface area contributed by atoms with Gasteiger partial charge in [0.2, 0.25) is 0 Å². The molecule has 0 aliphatic heterocycles. The second-order valence-corrected chi connectivity index (χ2v) is 18.0. The summed E-state index contributed by atoms with van der Waals surface area (Å²) < 4.78 is 0. The number of aryl methyl sites for hydroxylation is 4. The topological polar surface area (TPSA) is 0 Å². The van der Waals surface area contributed by atoms with E-state index >= 15 is 0 Å². The van der Waals surface area contributed by atoms with Gasteiger partial charge >= 0.3 is 0 Å². The average molecular weight is 881 g/mol. The molecule has 9 aromatic carbocycles. The zero-order valence-corrected chi connectivity index (χ0v) is 41.3. The molecule has 0 spiro atoms. The minimum atomic E-state index is 1.05. The van der Waals surface area contributed by atoms with Crippen molar-refractivity contribution >= 4 is 43.1 Å². The van der Waals surface area contributed by atoms with Crippen molar-refractivity contribution in [3.05, 3.63) is 276 Å². The Kier molecular flexibility index (Phi) is 15.7. The van der Waals surface area contributed by atoms with Gasteiger partial charge in [-0.05, 0) is 154 Å². The van der Waals surface area contributed by atoms with Crippen molar-refractivity contribution in [1.82, 2.24) is 0 Å². The van der Waals surface area contributed by atoms with E-state index in [4.69, 9.17) is 0 Å². The minimum Gasteiger partial charge on any atom is -0.0991 e. The van der Waals surface area contributed by atoms with Crippen LogP contribution < -0.4 is 0 Å². The van der Waals surface area contributed by atoms with Gasteiger partial charge in [-0.2, -0.15) is 0 Å². The fourth-order valence-corrected chi connectivity index (χ4v) is 9.30. The number of hydrogen-bond acceptors (Lipinski definition) is 0. The van der Waals surface area contributed by atoms with Crippen molar-refractivity contribution in [2.24, 2.45) is 0 Å². The van der Waals surface area contributed by atoms with Crippen LogP contribution in [0.3, 0.4) is 0 Å². The molecule has 0 amide bonds. The molecule has 0 unspecified atom stereocenters. The SMILES string of the molecule is C=C/C=C\C(=C(C)C)/C(C)=C(/C=C\C=C)C(=C)C.Cc1ccc(-c2c3ccccc3c(-c3ccc(C)cc3)c3ccccc23)cc1.Cc1ccc(-c2c3ccccc3c(C)c3ccccc23)cc1. The Balaban J connectivity index is 0.000000156. The standard InChI is InChI=1S/C28H22.C22H18.C18H24/c1-19-11-15-21(16-12-19)27-23-7-3-5-9-25(23)28(22-17-13-20(2)14-18-22)26-10-6-4-8-24(26)27;1-15-11-13-17(14-12-15)22-20-9-5-3-7-18(20)16(2)19-8-4-6-10-21(19)22;1-8-10-12-17(14(3)4)16(7)18(15(5)6)13-11-9-2/h3-18H,1-2H3;3-14H,1-2H3;8-13H,1-3H2,4-7H3/b;;12-10-,13-11-,17-16-. The third-order valence-electron chi connectivity index (χ3n) is 12.8. The van der Waals surface area contributed by atoms with E-state index in [9.17, 15) is 0 Å². The largest absolute Gasteiger partial charge is 0.0991 e. The fraction of sp³-hybridized carbons (Fsp3) is 0.118. The first-order valence-corrected chi connectivity index (χ1v) is 23.6. The van der Waals surface area contributed by atoms with Gasteiger partial charge in [-0.25, -0.2) is 0 Å². The molecule has 0 N–H and O–H groups in total. The predicted molar refractivity (Wildman–Crippen MR) is 303 cm³/mol. The Bertz CT molecular complexity index is 3190. The molecule has 0 aliphatic rings. The van der Waals surface area contributed by atoms with E-state index in [1.54, 1.807) is 12.2 Å². The quantitative estimate of drug-likeness (QED) is 0.100. The molecule has 0 atom stereocenters. The van der Waals surface area contributed by atoms with Crippen LogP contribution in [0.15, 0.2) is 254 Å². The third kappa shape index (κ3) is 10.6. The molecule has 68 heavy (non-hydrogen) atoms. The molecule has 0 heterocycles. The van der Waals surface area contributed by atoms with E-state index in [0.29, 0.717) is 0 Å². The highest BCUT2D eigenvalue weighted by Crippen LogP contribution is 2.44. The molecule has 0 aliphatic carbocycles. The summed E-state index contributed by atoms with van der Waals surface area (Å²) in [6.45, 7) is 28.5. The molecular formula is C68H64. The highest BCUT2D eigenvalue weighted by atomic mass is 14.2. The van der Waals surface area contributed by atoms with Gasteiger partial charge in [0, 0.05) is 0 Å². The Morgan fingerprint density at radius 2 is 0.618 bits per heavy atom. The van der Waals surface area contributed by atoms with E-state index in [1.807, 2.05) is 19.1 Å². The average Bonchev–Trinajstić information content (AvgIpc) is 3.35. The number of hydrogen-bond donors (Lipinski definition) is 0. The molecule has 0 radical (unpaired) electrons. The first kappa shape index (κ1) is 48.1. The monoisotopic (exact) mass is 881 g/mol. The van der Waals surface area contributed by atoms with Crippen LogP contribution in [-0.2, 0) is 0 Å². The predicted octanol–water partition coefficient (Wildman–Crippen LogP) is 19.9. The van der Waals surface area contributed by atoms with Gasteiger partial charge in [0.05, 0.1) is 0 Å². The Hall–Kier alpha value is -7.80. The highest BCUT2D eigenvalue weighted by Gasteiger charge is 2.17. The molecule has 0 aromatic heterocycles. The Labute approximate surface area is 406 Å². The smallest absolute Gasteiger partial charge is 0.00264 e. The van der Waals surface area contributed by atoms with Gasteiger partial charge in [0.25, 0.3) is 0 Å². The maximum atomic E-state index is 4.04. The van der Waals surface area contributed by atoms with Crippen molar-refractivity contribution in [1.29, 1.82) is 0 Å². The zero-order valence-electron chi connectivity index (χ0n) is 41.3. The van der Waals surface area contributed by atoms with Crippen LogP contribution in [0.2, 0.25) is 0 Å². The lowest BCUT2D eigenvalue weighted by molar-refractivity contribution is 1.24. The lowest BCUT2D eigenvalue weighted by Gasteiger charge is -2.17. The summed E-state index contributed by atoms with van der Waals surface area (Å²) in [5.74, 6) is 0. The van der Waals surface area contributed by atoms with Gasteiger partial charge in [-0.3, -0.25) is 0 Å². The number of benzene rings is 9. The zero-order chi connectivity index (χ0) is 48.3. The van der Waals surface area contributed by atoms with Crippen molar-refractivity contribution in [3.8, 4) is 33.4 Å². The van der Waals surface area contributed by atoms with E-state index in [0.717, 1.165) is 11.1 Å². The number of rotatable bonds is 9. The van der Waals surface area contributed by atoms with Crippen molar-refractivity contribution in [3.63, 3.8) is 0 Å². The number of allylic oxidation sites excluding steroid dienone is 11. The summed E-state index contributed by atoms with van der Waals surface area (Å²) >= 11 is 0. The van der Waals surface area contributed by atoms with E-state index < -0.39 is 0 Å². The van der Waals surface area contributed by atoms with Gasteiger partial charge in [-0.1, -0.05) is 254 Å². The van der Waals surface area contributed by atoms with E-state index in [1.165, 1.54) is 115 Å². The molecule has 0 nitrogen and oxygen atoms in total. The number of fused-ring (bicyclic) bond motifs is 4. The second kappa shape index (κ2) is 22.1. The molecular weight excluding hydrogens is 817 g/mol. The maximum Gasteiger partial charge on any atom is -0.00264 e.